The number of hydrogen-bond donors (Lipinski definition) is 3. The van der Waals surface area contributed by atoms with Crippen LogP contribution >= 0.6 is 23.2 Å². The smallest absolute Gasteiger partial charge is 0.328 e. The summed E-state index contributed by atoms with van der Waals surface area (Å²) in [7, 11) is 0. The normalized spacial score (nSPS) is 22.1. The molecule has 5 heterocycles. The topological polar surface area (TPSA) is 173 Å². The number of piperidine rings is 1. The first-order valence-corrected chi connectivity index (χ1v) is 14.4. The Balaban J connectivity index is 1.20. The Labute approximate surface area is 247 Å². The van der Waals surface area contributed by atoms with E-state index < -0.39 is 17.9 Å². The van der Waals surface area contributed by atoms with Crippen molar-refractivity contribution in [3.05, 3.63) is 33.7 Å². The van der Waals surface area contributed by atoms with Crippen LogP contribution < -0.4 is 21.7 Å². The van der Waals surface area contributed by atoms with Crippen LogP contribution in [0.5, 0.6) is 0 Å². The number of amides is 2. The number of hydrogen-bond acceptors (Lipinski definition) is 11. The van der Waals surface area contributed by atoms with Crippen molar-refractivity contribution < 1.29 is 19.1 Å². The fourth-order valence-electron chi connectivity index (χ4n) is 5.75. The van der Waals surface area contributed by atoms with Crippen molar-refractivity contribution in [2.75, 3.05) is 55.7 Å². The first-order valence-electron chi connectivity index (χ1n) is 13.7. The third-order valence-corrected chi connectivity index (χ3v) is 8.42. The van der Waals surface area contributed by atoms with E-state index in [4.69, 9.17) is 39.4 Å². The lowest BCUT2D eigenvalue weighted by molar-refractivity contribution is -0.139. The molecule has 0 aliphatic carbocycles. The number of halogens is 2. The van der Waals surface area contributed by atoms with Crippen molar-refractivity contribution in [1.29, 1.82) is 0 Å². The molecule has 0 bridgehead atoms. The number of cyclic esters (lactones) is 1. The van der Waals surface area contributed by atoms with Crippen LogP contribution in [0.15, 0.2) is 12.1 Å². The molecule has 0 spiro atoms. The number of nitrogens with one attached hydrogen (secondary N) is 1. The first-order chi connectivity index (χ1) is 19.7. The molecule has 1 unspecified atom stereocenters. The Hall–Kier alpha value is -3.42. The molecule has 2 atom stereocenters. The molecule has 0 radical (unpaired) electrons. The average Bonchev–Trinajstić information content (AvgIpc) is 3.37. The summed E-state index contributed by atoms with van der Waals surface area (Å²) in [5, 5.41) is 2.91. The highest BCUT2D eigenvalue weighted by Gasteiger charge is 2.36. The number of esters is 1. The summed E-state index contributed by atoms with van der Waals surface area (Å²) >= 11 is 12.4. The monoisotopic (exact) mass is 605 g/mol. The minimum Gasteiger partial charge on any atom is -0.464 e. The van der Waals surface area contributed by atoms with E-state index in [1.165, 1.54) is 0 Å². The zero-order valence-electron chi connectivity index (χ0n) is 22.7. The molecular weight excluding hydrogens is 573 g/mol. The summed E-state index contributed by atoms with van der Waals surface area (Å²) in [5.74, 6) is -0.735. The van der Waals surface area contributed by atoms with E-state index in [-0.39, 0.29) is 46.2 Å². The summed E-state index contributed by atoms with van der Waals surface area (Å²) in [6, 6.07) is 3.01. The molecule has 3 saturated heterocycles. The van der Waals surface area contributed by atoms with Crippen LogP contribution in [-0.4, -0.2) is 100.0 Å². The van der Waals surface area contributed by atoms with Gasteiger partial charge in [0.05, 0.1) is 12.2 Å². The molecule has 220 valence electrons. The Morgan fingerprint density at radius 1 is 1.05 bits per heavy atom. The van der Waals surface area contributed by atoms with E-state index in [1.54, 1.807) is 12.1 Å². The van der Waals surface area contributed by atoms with Crippen LogP contribution in [0.25, 0.3) is 0 Å². The van der Waals surface area contributed by atoms with Gasteiger partial charge in [0.2, 0.25) is 0 Å². The molecule has 3 aliphatic rings. The van der Waals surface area contributed by atoms with Gasteiger partial charge in [0.25, 0.3) is 11.8 Å². The quantitative estimate of drug-likeness (QED) is 0.322. The second-order valence-electron chi connectivity index (χ2n) is 10.4. The molecule has 13 nitrogen and oxygen atoms in total. The van der Waals surface area contributed by atoms with Crippen LogP contribution in [0, 0.1) is 0 Å². The van der Waals surface area contributed by atoms with Crippen molar-refractivity contribution in [2.24, 2.45) is 0 Å². The van der Waals surface area contributed by atoms with Gasteiger partial charge >= 0.3 is 5.97 Å². The second-order valence-corrected chi connectivity index (χ2v) is 11.1. The summed E-state index contributed by atoms with van der Waals surface area (Å²) in [4.78, 5) is 56.4. The minimum absolute atomic E-state index is 0.0581. The first kappa shape index (κ1) is 29.1. The molecule has 0 aromatic carbocycles. The number of anilines is 3. The van der Waals surface area contributed by atoms with Gasteiger partial charge in [0.1, 0.15) is 17.0 Å². The molecule has 5 N–H and O–H groups in total. The number of carbonyl (C=O) groups excluding carboxylic acids is 3. The lowest BCUT2D eigenvalue weighted by Gasteiger charge is -2.47. The van der Waals surface area contributed by atoms with Crippen molar-refractivity contribution in [3.8, 4) is 0 Å². The van der Waals surface area contributed by atoms with Gasteiger partial charge in [-0.1, -0.05) is 30.1 Å². The molecule has 2 aromatic rings. The van der Waals surface area contributed by atoms with Crippen molar-refractivity contribution in [3.63, 3.8) is 0 Å². The number of nitrogens with two attached hydrogens (primary N) is 2. The second kappa shape index (κ2) is 12.2. The SMILES string of the molecule is CC[C@H]1CN(c2nc(N)c(C(=O)NC3CCOC3=O)nc2Cl)CCN1C1CCN(C(=O)c2ccc(Cl)nc2N)CC1. The number of aromatic nitrogens is 3. The van der Waals surface area contributed by atoms with E-state index in [0.717, 1.165) is 25.8 Å². The van der Waals surface area contributed by atoms with Crippen molar-refractivity contribution >= 4 is 58.4 Å². The lowest BCUT2D eigenvalue weighted by Crippen LogP contribution is -2.58. The van der Waals surface area contributed by atoms with Crippen LogP contribution in [0.3, 0.4) is 0 Å². The number of pyridine rings is 1. The van der Waals surface area contributed by atoms with Gasteiger partial charge in [-0.2, -0.15) is 0 Å². The highest BCUT2D eigenvalue weighted by Crippen LogP contribution is 2.30. The maximum atomic E-state index is 13.0. The van der Waals surface area contributed by atoms with Crippen LogP contribution in [0.1, 0.15) is 53.5 Å². The summed E-state index contributed by atoms with van der Waals surface area (Å²) in [6.45, 7) is 5.72. The van der Waals surface area contributed by atoms with Gasteiger partial charge in [-0.15, -0.1) is 0 Å². The third-order valence-electron chi connectivity index (χ3n) is 7.96. The standard InChI is InChI=1S/C26H33Cl2N9O4/c1-2-14-13-36(23-20(28)33-19(22(30)34-23)24(38)31-17-7-12-41-26(17)40)10-11-37(14)15-5-8-35(9-6-15)25(39)16-3-4-18(27)32-21(16)29/h3-4,14-15,17H,2,5-13H2,1H3,(H2,29,32)(H2,30,34)(H,31,38)/t14-,17?/m0/s1. The maximum Gasteiger partial charge on any atom is 0.328 e. The highest BCUT2D eigenvalue weighted by atomic mass is 35.5. The van der Waals surface area contributed by atoms with E-state index in [0.29, 0.717) is 50.0 Å². The third kappa shape index (κ3) is 6.11. The van der Waals surface area contributed by atoms with Crippen LogP contribution in [-0.2, 0) is 9.53 Å². The van der Waals surface area contributed by atoms with E-state index in [2.05, 4.69) is 32.1 Å². The summed E-state index contributed by atoms with van der Waals surface area (Å²) in [5.41, 5.74) is 12.3. The molecule has 41 heavy (non-hydrogen) atoms. The zero-order valence-corrected chi connectivity index (χ0v) is 24.2. The fourth-order valence-corrected chi connectivity index (χ4v) is 6.15. The van der Waals surface area contributed by atoms with Gasteiger partial charge in [-0.3, -0.25) is 14.5 Å². The molecular formula is C26H33Cl2N9O4. The maximum absolute atomic E-state index is 13.0. The van der Waals surface area contributed by atoms with Crippen molar-refractivity contribution in [1.82, 2.24) is 30.1 Å². The molecule has 2 aromatic heterocycles. The van der Waals surface area contributed by atoms with E-state index in [1.807, 2.05) is 9.80 Å². The predicted molar refractivity (Wildman–Crippen MR) is 154 cm³/mol. The average molecular weight is 607 g/mol. The van der Waals surface area contributed by atoms with Crippen LogP contribution in [0.4, 0.5) is 17.5 Å². The van der Waals surface area contributed by atoms with Crippen LogP contribution in [0.2, 0.25) is 10.3 Å². The number of nitrogen functional groups attached to an aromatic ring is 2. The lowest BCUT2D eigenvalue weighted by atomic mass is 9.97. The van der Waals surface area contributed by atoms with E-state index >= 15 is 0 Å². The number of rotatable bonds is 6. The molecule has 2 amide bonds. The number of ether oxygens (including phenoxy) is 1. The number of piperazine rings is 1. The number of carbonyl (C=O) groups is 3. The Morgan fingerprint density at radius 2 is 1.80 bits per heavy atom. The van der Waals surface area contributed by atoms with Gasteiger partial charge in [-0.05, 0) is 31.4 Å². The van der Waals surface area contributed by atoms with Crippen molar-refractivity contribution in [2.45, 2.75) is 50.7 Å². The number of likely N-dealkylation sites (tertiary alicyclic amines) is 1. The largest absolute Gasteiger partial charge is 0.464 e. The van der Waals surface area contributed by atoms with Gasteiger partial charge < -0.3 is 31.3 Å². The molecule has 15 heteroatoms. The predicted octanol–water partition coefficient (Wildman–Crippen LogP) is 1.59. The minimum atomic E-state index is -0.738. The Morgan fingerprint density at radius 3 is 2.46 bits per heavy atom. The van der Waals surface area contributed by atoms with E-state index in [9.17, 15) is 14.4 Å². The summed E-state index contributed by atoms with van der Waals surface area (Å²) < 4.78 is 4.88. The Kier molecular flexibility index (Phi) is 8.66. The van der Waals surface area contributed by atoms with Gasteiger partial charge in [-0.25, -0.2) is 19.7 Å². The Bertz CT molecular complexity index is 1340. The molecule has 0 saturated carbocycles. The number of nitrogens with zero attached hydrogens (tertiary/aromatic N) is 6. The van der Waals surface area contributed by atoms with Gasteiger partial charge in [0.15, 0.2) is 22.5 Å². The highest BCUT2D eigenvalue weighted by molar-refractivity contribution is 6.32. The fraction of sp³-hybridized carbons (Fsp3) is 0.538. The zero-order chi connectivity index (χ0) is 29.3. The molecule has 3 fully saturated rings. The molecule has 5 rings (SSSR count). The molecule has 3 aliphatic heterocycles. The van der Waals surface area contributed by atoms with Gasteiger partial charge in [0, 0.05) is 51.2 Å². The summed E-state index contributed by atoms with van der Waals surface area (Å²) in [6.07, 6.45) is 2.97.